The molecule has 0 spiro atoms. The fourth-order valence-electron chi connectivity index (χ4n) is 3.67. The lowest BCUT2D eigenvalue weighted by atomic mass is 9.99. The van der Waals surface area contributed by atoms with E-state index in [0.29, 0.717) is 19.1 Å². The van der Waals surface area contributed by atoms with E-state index in [0.717, 1.165) is 22.2 Å². The quantitative estimate of drug-likeness (QED) is 0.428. The number of rotatable bonds is 8. The van der Waals surface area contributed by atoms with Crippen molar-refractivity contribution >= 4 is 16.8 Å². The highest BCUT2D eigenvalue weighted by Crippen LogP contribution is 2.30. The average Bonchev–Trinajstić information content (AvgIpc) is 3.41. The van der Waals surface area contributed by atoms with Gasteiger partial charge in [0, 0.05) is 19.4 Å². The molecule has 0 aliphatic heterocycles. The number of hydrogen-bond donors (Lipinski definition) is 1. The number of carbonyl (C=O) groups excluding carboxylic acids is 1. The summed E-state index contributed by atoms with van der Waals surface area (Å²) >= 11 is 0. The predicted molar refractivity (Wildman–Crippen MR) is 120 cm³/mol. The number of halogens is 2. The van der Waals surface area contributed by atoms with E-state index in [9.17, 15) is 13.6 Å². The van der Waals surface area contributed by atoms with Crippen molar-refractivity contribution in [2.24, 2.45) is 7.05 Å². The van der Waals surface area contributed by atoms with Gasteiger partial charge in [0.15, 0.2) is 0 Å². The normalized spacial score (nSPS) is 13.6. The molecular formula is C24H25F2N5O2. The van der Waals surface area contributed by atoms with Crippen LogP contribution in [0.5, 0.6) is 5.75 Å². The number of aromatic nitrogens is 4. The van der Waals surface area contributed by atoms with Gasteiger partial charge in [-0.25, -0.2) is 4.68 Å². The third-order valence-corrected chi connectivity index (χ3v) is 5.39. The molecule has 2 aromatic carbocycles. The van der Waals surface area contributed by atoms with Gasteiger partial charge in [0.1, 0.15) is 17.5 Å². The molecule has 4 aromatic rings. The Kier molecular flexibility index (Phi) is 6.13. The molecular weight excluding hydrogens is 428 g/mol. The number of fused-ring (bicyclic) bond motifs is 1. The zero-order chi connectivity index (χ0) is 23.6. The van der Waals surface area contributed by atoms with Gasteiger partial charge in [0.25, 0.3) is 5.91 Å². The maximum Gasteiger partial charge on any atom is 0.321 e. The maximum atomic E-state index is 13.6. The lowest BCUT2D eigenvalue weighted by Crippen LogP contribution is -2.47. The van der Waals surface area contributed by atoms with Crippen molar-refractivity contribution in [1.82, 2.24) is 24.9 Å². The molecule has 9 heteroatoms. The van der Waals surface area contributed by atoms with Crippen molar-refractivity contribution in [3.8, 4) is 11.4 Å². The molecule has 1 N–H and O–H groups in total. The van der Waals surface area contributed by atoms with Crippen LogP contribution in [0, 0.1) is 0 Å². The first-order chi connectivity index (χ1) is 15.8. The summed E-state index contributed by atoms with van der Waals surface area (Å²) in [4.78, 5) is 12.0. The first kappa shape index (κ1) is 22.4. The Labute approximate surface area is 190 Å². The van der Waals surface area contributed by atoms with Gasteiger partial charge in [0.05, 0.1) is 30.1 Å². The van der Waals surface area contributed by atoms with Crippen molar-refractivity contribution < 1.29 is 18.3 Å². The van der Waals surface area contributed by atoms with Crippen molar-refractivity contribution in [3.63, 3.8) is 0 Å². The van der Waals surface area contributed by atoms with Gasteiger partial charge in [-0.1, -0.05) is 37.3 Å². The predicted octanol–water partition coefficient (Wildman–Crippen LogP) is 4.43. The second kappa shape index (κ2) is 9.01. The van der Waals surface area contributed by atoms with Crippen LogP contribution in [0.1, 0.15) is 31.9 Å². The van der Waals surface area contributed by atoms with Crippen molar-refractivity contribution in [2.45, 2.75) is 38.3 Å². The average molecular weight is 453 g/mol. The zero-order valence-electron chi connectivity index (χ0n) is 18.6. The number of nitrogens with one attached hydrogen (secondary N) is 1. The van der Waals surface area contributed by atoms with E-state index in [1.54, 1.807) is 27.8 Å². The largest absolute Gasteiger partial charge is 0.484 e. The van der Waals surface area contributed by atoms with E-state index in [1.807, 2.05) is 62.6 Å². The Balaban J connectivity index is 1.65. The molecule has 1 amide bonds. The Hall–Kier alpha value is -3.75. The Bertz CT molecular complexity index is 1250. The molecule has 0 bridgehead atoms. The molecule has 172 valence electrons. The lowest BCUT2D eigenvalue weighted by molar-refractivity contribution is -0.144. The minimum atomic E-state index is -3.48. The molecule has 0 aliphatic carbocycles. The monoisotopic (exact) mass is 453 g/mol. The van der Waals surface area contributed by atoms with Gasteiger partial charge in [-0.15, -0.1) is 0 Å². The van der Waals surface area contributed by atoms with Crippen LogP contribution in [0.15, 0.2) is 67.1 Å². The Morgan fingerprint density at radius 2 is 1.91 bits per heavy atom. The molecule has 0 aliphatic rings. The third kappa shape index (κ3) is 4.87. The van der Waals surface area contributed by atoms with Crippen LogP contribution in [0.25, 0.3) is 16.6 Å². The summed E-state index contributed by atoms with van der Waals surface area (Å²) in [5, 5.41) is 11.9. The lowest BCUT2D eigenvalue weighted by Gasteiger charge is -2.29. The molecule has 0 radical (unpaired) electrons. The summed E-state index contributed by atoms with van der Waals surface area (Å²) in [5.41, 5.74) is 2.48. The van der Waals surface area contributed by atoms with Crippen molar-refractivity contribution in [2.75, 3.05) is 0 Å². The highest BCUT2D eigenvalue weighted by atomic mass is 19.3. The summed E-state index contributed by atoms with van der Waals surface area (Å²) in [7, 11) is 1.84. The fourth-order valence-corrected chi connectivity index (χ4v) is 3.67. The zero-order valence-corrected chi connectivity index (χ0v) is 18.6. The number of ether oxygens (including phenoxy) is 1. The number of nitrogens with zero attached hydrogens (tertiary/aromatic N) is 4. The van der Waals surface area contributed by atoms with E-state index >= 15 is 0 Å². The van der Waals surface area contributed by atoms with Gasteiger partial charge >= 0.3 is 5.92 Å². The van der Waals surface area contributed by atoms with Gasteiger partial charge in [-0.3, -0.25) is 9.48 Å². The van der Waals surface area contributed by atoms with E-state index in [-0.39, 0.29) is 0 Å². The van der Waals surface area contributed by atoms with Crippen LogP contribution >= 0.6 is 0 Å². The summed E-state index contributed by atoms with van der Waals surface area (Å²) < 4.78 is 36.9. The molecule has 4 rings (SSSR count). The van der Waals surface area contributed by atoms with Crippen LogP contribution in [-0.2, 0) is 11.8 Å². The van der Waals surface area contributed by atoms with Gasteiger partial charge < -0.3 is 10.1 Å². The Morgan fingerprint density at radius 3 is 2.55 bits per heavy atom. The first-order valence-electron chi connectivity index (χ1n) is 10.6. The number of carbonyl (C=O) groups is 1. The van der Waals surface area contributed by atoms with Crippen LogP contribution in [0.4, 0.5) is 8.78 Å². The Morgan fingerprint density at radius 1 is 1.15 bits per heavy atom. The number of aryl methyl sites for hydroxylation is 1. The molecule has 7 nitrogen and oxygen atoms in total. The molecule has 0 saturated carbocycles. The number of amides is 1. The smallest absolute Gasteiger partial charge is 0.321 e. The van der Waals surface area contributed by atoms with Gasteiger partial charge in [-0.2, -0.15) is 19.0 Å². The summed E-state index contributed by atoms with van der Waals surface area (Å²) in [6.45, 7) is 2.40. The van der Waals surface area contributed by atoms with E-state index < -0.39 is 24.0 Å². The molecule has 33 heavy (non-hydrogen) atoms. The van der Waals surface area contributed by atoms with E-state index in [2.05, 4.69) is 15.5 Å². The van der Waals surface area contributed by atoms with E-state index in [4.69, 9.17) is 4.74 Å². The molecule has 0 fully saturated rings. The first-order valence-corrected chi connectivity index (χ1v) is 10.6. The summed E-state index contributed by atoms with van der Waals surface area (Å²) in [6.07, 6.45) is 5.06. The number of benzene rings is 2. The van der Waals surface area contributed by atoms with Gasteiger partial charge in [0.2, 0.25) is 0 Å². The van der Waals surface area contributed by atoms with E-state index in [1.165, 1.54) is 0 Å². The van der Waals surface area contributed by atoms with Crippen LogP contribution in [0.2, 0.25) is 0 Å². The third-order valence-electron chi connectivity index (χ3n) is 5.39. The molecule has 2 atom stereocenters. The minimum absolute atomic E-state index is 0.405. The van der Waals surface area contributed by atoms with Crippen molar-refractivity contribution in [1.29, 1.82) is 0 Å². The topological polar surface area (TPSA) is 74.0 Å². The fraction of sp³-hybridized carbons (Fsp3) is 0.292. The standard InChI is InChI=1S/C24H25F2N5O2/c1-4-20(29-23(32)24(2,25)26)22(16-8-6-5-7-9-16)33-19-10-11-21-17(12-19)13-28-31(21)18-14-27-30(3)15-18/h5-15,20,22H,4H2,1-3H3,(H,29,32)/t20-,22+/m0/s1. The molecule has 0 saturated heterocycles. The summed E-state index contributed by atoms with van der Waals surface area (Å²) in [5.74, 6) is -4.26. The molecule has 2 aromatic heterocycles. The maximum absolute atomic E-state index is 13.6. The molecule has 0 unspecified atom stereocenters. The second-order valence-corrected chi connectivity index (χ2v) is 7.97. The SMILES string of the molecule is CC[C@H](NC(=O)C(C)(F)F)[C@H](Oc1ccc2c(cnn2-c2cnn(C)c2)c1)c1ccccc1. The summed E-state index contributed by atoms with van der Waals surface area (Å²) in [6, 6.07) is 14.1. The van der Waals surface area contributed by atoms with Crippen LogP contribution in [-0.4, -0.2) is 37.4 Å². The second-order valence-electron chi connectivity index (χ2n) is 7.97. The van der Waals surface area contributed by atoms with Crippen LogP contribution < -0.4 is 10.1 Å². The minimum Gasteiger partial charge on any atom is -0.484 e. The number of hydrogen-bond acceptors (Lipinski definition) is 4. The van der Waals surface area contributed by atoms with Gasteiger partial charge in [-0.05, 0) is 30.2 Å². The highest BCUT2D eigenvalue weighted by molar-refractivity contribution is 5.83. The molecule has 2 heterocycles. The number of alkyl halides is 2. The van der Waals surface area contributed by atoms with Crippen LogP contribution in [0.3, 0.4) is 0 Å². The van der Waals surface area contributed by atoms with Crippen molar-refractivity contribution in [3.05, 3.63) is 72.7 Å². The highest BCUT2D eigenvalue weighted by Gasteiger charge is 2.36.